The average molecular weight is 1200 g/mol. The molecule has 3 N–H and O–H groups in total. The third-order valence-corrected chi connectivity index (χ3v) is 15.9. The zero-order valence-corrected chi connectivity index (χ0v) is 52.7. The molecule has 0 aliphatic rings. The zero-order chi connectivity index (χ0) is 59.8. The van der Waals surface area contributed by atoms with Gasteiger partial charge in [-0.2, -0.15) is 19.3 Å². The van der Waals surface area contributed by atoms with Gasteiger partial charge in [-0.3, -0.25) is 37.3 Å². The first-order valence-electron chi connectivity index (χ1n) is 32.2. The van der Waals surface area contributed by atoms with Gasteiger partial charge in [0.05, 0.1) is 26.4 Å². The average Bonchev–Trinajstić information content (AvgIpc) is 3.44. The molecular formula is C62H117O17P2-3. The first kappa shape index (κ1) is 79.1. The third-order valence-electron chi connectivity index (χ3n) is 14.0. The molecule has 19 heteroatoms. The molecule has 17 nitrogen and oxygen atoms in total. The highest BCUT2D eigenvalue weighted by Gasteiger charge is 2.30. The van der Waals surface area contributed by atoms with Crippen molar-refractivity contribution in [3.8, 4) is 0 Å². The third kappa shape index (κ3) is 56.9. The van der Waals surface area contributed by atoms with Gasteiger partial charge in [-0.25, -0.2) is 9.13 Å². The number of hydrogen-bond donors (Lipinski definition) is 3. The Morgan fingerprint density at radius 1 is 0.333 bits per heavy atom. The van der Waals surface area contributed by atoms with Crippen LogP contribution in [-0.4, -0.2) is 96.7 Å². The lowest BCUT2D eigenvalue weighted by Crippen LogP contribution is -2.30. The standard InChI is InChI=1S/C62H117O17P2/c1-5-9-13-17-20-23-26-28-31-33-36-39-43-47-60(65)73-53-58(79-62(67)48-44-40-37-34-30-25-22-19-15-11-7-3)55-77-81(70,71)75-51-56(63)50-74-80(68,69)76-54-57(52-72-59(64)46-42-16-12-8-4)78-61(66)49-45-41-38-35-32-29-27-24-21-18-14-10-6-2/h56-58,63H,1-3,5-55H2,4H3,(H,68,69)(H,70,71)/q-3/t56-,57+,58+/m0/s1. The lowest BCUT2D eigenvalue weighted by atomic mass is 10.0. The summed E-state index contributed by atoms with van der Waals surface area (Å²) in [6.07, 6.45) is 40.2. The number of aliphatic hydroxyl groups is 1. The molecule has 0 saturated carbocycles. The SMILES string of the molecule is [CH2-]CCCCCCCCCCCCCCC(=O)OC[C@H](COP(=O)(O)OC[C@@H](O)COP(=O)(O)OC[C@@H](COC(=O)CCCCCC)OC(=O)CCCCCCCCCCCCCC[CH2-])OC(=O)CCCCCCCCCCCC[CH2-]. The molecule has 81 heavy (non-hydrogen) atoms. The van der Waals surface area contributed by atoms with Gasteiger partial charge < -0.3 is 54.6 Å². The molecule has 0 rings (SSSR count). The Morgan fingerprint density at radius 3 is 0.815 bits per heavy atom. The Kier molecular flexibility index (Phi) is 55.8. The number of esters is 4. The fraction of sp³-hybridized carbons (Fsp3) is 0.887. The van der Waals surface area contributed by atoms with Crippen LogP contribution in [0.15, 0.2) is 0 Å². The molecule has 0 aliphatic heterocycles. The number of hydrogen-bond acceptors (Lipinski definition) is 15. The van der Waals surface area contributed by atoms with Crippen molar-refractivity contribution < 1.29 is 80.2 Å². The van der Waals surface area contributed by atoms with Crippen molar-refractivity contribution in [2.24, 2.45) is 0 Å². The summed E-state index contributed by atoms with van der Waals surface area (Å²) >= 11 is 0. The van der Waals surface area contributed by atoms with E-state index >= 15 is 0 Å². The minimum absolute atomic E-state index is 0.0986. The maximum Gasteiger partial charge on any atom is 0.472 e. The number of phosphoric acid groups is 2. The van der Waals surface area contributed by atoms with Crippen molar-refractivity contribution in [1.82, 2.24) is 0 Å². The summed E-state index contributed by atoms with van der Waals surface area (Å²) in [5.41, 5.74) is 0. The van der Waals surface area contributed by atoms with Gasteiger partial charge >= 0.3 is 39.5 Å². The fourth-order valence-electron chi connectivity index (χ4n) is 9.06. The van der Waals surface area contributed by atoms with Crippen LogP contribution >= 0.6 is 15.6 Å². The summed E-state index contributed by atoms with van der Waals surface area (Å²) in [4.78, 5) is 71.8. The first-order chi connectivity index (χ1) is 39.2. The highest BCUT2D eigenvalue weighted by molar-refractivity contribution is 7.47. The van der Waals surface area contributed by atoms with Gasteiger partial charge in [-0.15, -0.1) is 0 Å². The maximum atomic E-state index is 12.9. The summed E-state index contributed by atoms with van der Waals surface area (Å²) in [7, 11) is -9.88. The molecule has 0 fully saturated rings. The number of aliphatic hydroxyl groups excluding tert-OH is 1. The van der Waals surface area contributed by atoms with E-state index in [0.29, 0.717) is 25.7 Å². The molecule has 0 aromatic rings. The van der Waals surface area contributed by atoms with Gasteiger partial charge in [0, 0.05) is 25.7 Å². The zero-order valence-electron chi connectivity index (χ0n) is 50.9. The minimum atomic E-state index is -4.94. The molecule has 0 saturated heterocycles. The van der Waals surface area contributed by atoms with Gasteiger partial charge in [-0.05, 0) is 25.7 Å². The molecule has 5 atom stereocenters. The van der Waals surface area contributed by atoms with Gasteiger partial charge in [0.25, 0.3) is 0 Å². The van der Waals surface area contributed by atoms with E-state index in [1.54, 1.807) is 0 Å². The van der Waals surface area contributed by atoms with Crippen LogP contribution in [0.25, 0.3) is 0 Å². The maximum absolute atomic E-state index is 12.9. The number of ether oxygens (including phenoxy) is 4. The number of unbranched alkanes of at least 4 members (excludes halogenated alkanes) is 37. The molecule has 0 heterocycles. The summed E-state index contributed by atoms with van der Waals surface area (Å²) in [5.74, 6) is -2.17. The number of phosphoric ester groups is 2. The molecule has 2 unspecified atom stereocenters. The Labute approximate surface area is 492 Å². The molecule has 0 bridgehead atoms. The van der Waals surface area contributed by atoms with Crippen molar-refractivity contribution in [2.45, 2.75) is 314 Å². The number of carbonyl (C=O) groups is 4. The van der Waals surface area contributed by atoms with Crippen LogP contribution in [0.5, 0.6) is 0 Å². The van der Waals surface area contributed by atoms with Crippen molar-refractivity contribution in [3.63, 3.8) is 0 Å². The molecule has 480 valence electrons. The van der Waals surface area contributed by atoms with E-state index in [4.69, 9.17) is 37.0 Å². The summed E-state index contributed by atoms with van der Waals surface area (Å²) < 4.78 is 67.6. The van der Waals surface area contributed by atoms with Gasteiger partial charge in [0.15, 0.2) is 12.2 Å². The molecule has 0 aromatic heterocycles. The van der Waals surface area contributed by atoms with Crippen LogP contribution < -0.4 is 0 Å². The van der Waals surface area contributed by atoms with E-state index < -0.39 is 97.5 Å². The highest BCUT2D eigenvalue weighted by Crippen LogP contribution is 2.45. The predicted octanol–water partition coefficient (Wildman–Crippen LogP) is 16.6. The Balaban J connectivity index is 5.13. The van der Waals surface area contributed by atoms with E-state index in [9.17, 15) is 43.2 Å². The second-order valence-electron chi connectivity index (χ2n) is 22.0. The number of rotatable bonds is 63. The monoisotopic (exact) mass is 1200 g/mol. The molecule has 0 aliphatic carbocycles. The van der Waals surface area contributed by atoms with Crippen molar-refractivity contribution in [2.75, 3.05) is 39.6 Å². The summed E-state index contributed by atoms with van der Waals surface area (Å²) in [6.45, 7) is 9.74. The van der Waals surface area contributed by atoms with Crippen LogP contribution in [0.4, 0.5) is 0 Å². The van der Waals surface area contributed by atoms with Crippen LogP contribution in [0.3, 0.4) is 0 Å². The van der Waals surface area contributed by atoms with E-state index in [2.05, 4.69) is 27.7 Å². The smallest absolute Gasteiger partial charge is 0.462 e. The molecule has 0 spiro atoms. The summed E-state index contributed by atoms with van der Waals surface area (Å²) in [6, 6.07) is 0. The van der Waals surface area contributed by atoms with Gasteiger partial charge in [0.1, 0.15) is 19.3 Å². The van der Waals surface area contributed by atoms with Crippen LogP contribution in [-0.2, 0) is 65.4 Å². The lowest BCUT2D eigenvalue weighted by Gasteiger charge is -2.21. The normalized spacial score (nSPS) is 14.2. The van der Waals surface area contributed by atoms with E-state index in [-0.39, 0.29) is 25.7 Å². The minimum Gasteiger partial charge on any atom is -0.462 e. The highest BCUT2D eigenvalue weighted by atomic mass is 31.2. The van der Waals surface area contributed by atoms with Gasteiger partial charge in [-0.1, -0.05) is 225 Å². The predicted molar refractivity (Wildman–Crippen MR) is 321 cm³/mol. The van der Waals surface area contributed by atoms with Crippen molar-refractivity contribution >= 4 is 39.5 Å². The molecular weight excluding hydrogens is 1080 g/mol. The number of carbonyl (C=O) groups excluding carboxylic acids is 4. The Hall–Kier alpha value is -1.94. The van der Waals surface area contributed by atoms with Crippen molar-refractivity contribution in [1.29, 1.82) is 0 Å². The van der Waals surface area contributed by atoms with E-state index in [1.165, 1.54) is 128 Å². The topological polar surface area (TPSA) is 237 Å². The fourth-order valence-corrected chi connectivity index (χ4v) is 10.6. The second-order valence-corrected chi connectivity index (χ2v) is 24.9. The summed E-state index contributed by atoms with van der Waals surface area (Å²) in [5, 5.41) is 10.5. The Morgan fingerprint density at radius 2 is 0.556 bits per heavy atom. The first-order valence-corrected chi connectivity index (χ1v) is 35.2. The van der Waals surface area contributed by atoms with E-state index in [1.807, 2.05) is 0 Å². The molecule has 0 amide bonds. The Bertz CT molecular complexity index is 1570. The van der Waals surface area contributed by atoms with Gasteiger partial charge in [0.2, 0.25) is 0 Å². The molecule has 0 radical (unpaired) electrons. The largest absolute Gasteiger partial charge is 0.472 e. The van der Waals surface area contributed by atoms with Crippen LogP contribution in [0.2, 0.25) is 0 Å². The molecule has 0 aromatic carbocycles. The quantitative estimate of drug-likeness (QED) is 0.0169. The van der Waals surface area contributed by atoms with Crippen LogP contribution in [0, 0.1) is 20.8 Å². The van der Waals surface area contributed by atoms with Crippen molar-refractivity contribution in [3.05, 3.63) is 20.8 Å². The lowest BCUT2D eigenvalue weighted by molar-refractivity contribution is -0.161. The second kappa shape index (κ2) is 57.2. The van der Waals surface area contributed by atoms with Crippen LogP contribution in [0.1, 0.15) is 296 Å². The van der Waals surface area contributed by atoms with E-state index in [0.717, 1.165) is 109 Å².